The van der Waals surface area contributed by atoms with Gasteiger partial charge in [-0.05, 0) is 47.6 Å². The maximum atomic E-state index is 9.39. The summed E-state index contributed by atoms with van der Waals surface area (Å²) in [6.07, 6.45) is 0. The zero-order valence-corrected chi connectivity index (χ0v) is 13.4. The Labute approximate surface area is 122 Å². The number of para-hydroxylation sites is 1. The van der Waals surface area contributed by atoms with Crippen LogP contribution in [0.15, 0.2) is 29.3 Å². The van der Waals surface area contributed by atoms with Gasteiger partial charge in [0.2, 0.25) is 0 Å². The third-order valence-electron chi connectivity index (χ3n) is 2.38. The molecule has 0 aromatic heterocycles. The van der Waals surface area contributed by atoms with Crippen LogP contribution in [-0.4, -0.2) is 22.1 Å². The average molecular weight is 277 g/mol. The monoisotopic (exact) mass is 277 g/mol. The van der Waals surface area contributed by atoms with Crippen molar-refractivity contribution in [2.45, 2.75) is 59.2 Å². The van der Waals surface area contributed by atoms with Crippen LogP contribution in [0.4, 0.5) is 5.69 Å². The molecule has 1 rings (SSSR count). The van der Waals surface area contributed by atoms with E-state index >= 15 is 0 Å². The molecule has 0 aliphatic heterocycles. The lowest BCUT2D eigenvalue weighted by Gasteiger charge is -2.29. The molecule has 0 unspecified atom stereocenters. The molecule has 4 nitrogen and oxygen atoms in total. The normalized spacial score (nSPS) is 11.9. The molecule has 0 saturated carbocycles. The largest absolute Gasteiger partial charge is 0.392 e. The van der Waals surface area contributed by atoms with Crippen molar-refractivity contribution in [1.29, 1.82) is 0 Å². The van der Waals surface area contributed by atoms with E-state index in [1.54, 1.807) is 0 Å². The van der Waals surface area contributed by atoms with Crippen LogP contribution >= 0.6 is 0 Å². The van der Waals surface area contributed by atoms with Crippen LogP contribution in [-0.2, 0) is 6.61 Å². The summed E-state index contributed by atoms with van der Waals surface area (Å²) < 4.78 is 0. The summed E-state index contributed by atoms with van der Waals surface area (Å²) in [7, 11) is 0. The van der Waals surface area contributed by atoms with Gasteiger partial charge in [-0.15, -0.1) is 0 Å². The van der Waals surface area contributed by atoms with Crippen LogP contribution in [0.3, 0.4) is 0 Å². The van der Waals surface area contributed by atoms with Crippen LogP contribution in [0, 0.1) is 0 Å². The minimum atomic E-state index is -0.0920. The van der Waals surface area contributed by atoms with Crippen molar-refractivity contribution in [3.63, 3.8) is 0 Å². The number of guanidine groups is 1. The molecular formula is C16H27N3O. The number of nitrogens with one attached hydrogen (secondary N) is 2. The Kier molecular flexibility index (Phi) is 5.17. The fraction of sp³-hybridized carbons (Fsp3) is 0.562. The van der Waals surface area contributed by atoms with Crippen molar-refractivity contribution in [3.8, 4) is 0 Å². The van der Waals surface area contributed by atoms with Gasteiger partial charge in [0.15, 0.2) is 5.96 Å². The summed E-state index contributed by atoms with van der Waals surface area (Å²) in [6.45, 7) is 12.5. The highest BCUT2D eigenvalue weighted by molar-refractivity contribution is 5.84. The van der Waals surface area contributed by atoms with Gasteiger partial charge >= 0.3 is 0 Å². The Balaban J connectivity index is 3.11. The van der Waals surface area contributed by atoms with Crippen LogP contribution in [0.5, 0.6) is 0 Å². The molecule has 0 spiro atoms. The highest BCUT2D eigenvalue weighted by Gasteiger charge is 2.18. The van der Waals surface area contributed by atoms with Gasteiger partial charge in [0.1, 0.15) is 0 Å². The van der Waals surface area contributed by atoms with E-state index in [9.17, 15) is 5.11 Å². The standard InChI is InChI=1S/C16H27N3O/c1-15(2,3)18-14(19-16(4,5)6)17-13-10-8-7-9-12(13)11-20/h7-10,20H,11H2,1-6H3,(H2,17,18,19). The lowest BCUT2D eigenvalue weighted by atomic mass is 10.1. The summed E-state index contributed by atoms with van der Waals surface area (Å²) >= 11 is 0. The molecule has 0 atom stereocenters. The van der Waals surface area contributed by atoms with Crippen molar-refractivity contribution in [1.82, 2.24) is 10.6 Å². The maximum absolute atomic E-state index is 9.39. The average Bonchev–Trinajstić information content (AvgIpc) is 2.25. The zero-order valence-electron chi connectivity index (χ0n) is 13.4. The molecule has 4 heteroatoms. The minimum absolute atomic E-state index is 0.0159. The summed E-state index contributed by atoms with van der Waals surface area (Å²) in [6, 6.07) is 7.60. The molecule has 0 heterocycles. The Morgan fingerprint density at radius 3 is 1.95 bits per heavy atom. The highest BCUT2D eigenvalue weighted by Crippen LogP contribution is 2.19. The molecule has 1 aromatic carbocycles. The molecule has 0 amide bonds. The first-order valence-electron chi connectivity index (χ1n) is 6.94. The predicted molar refractivity (Wildman–Crippen MR) is 85.2 cm³/mol. The number of aliphatic hydroxyl groups excluding tert-OH is 1. The Bertz CT molecular complexity index is 449. The number of hydrogen-bond acceptors (Lipinski definition) is 2. The van der Waals surface area contributed by atoms with Gasteiger partial charge in [-0.1, -0.05) is 18.2 Å². The number of nitrogens with zero attached hydrogens (tertiary/aromatic N) is 1. The van der Waals surface area contributed by atoms with Gasteiger partial charge in [0.05, 0.1) is 12.3 Å². The predicted octanol–water partition coefficient (Wildman–Crippen LogP) is 2.94. The molecule has 0 aliphatic rings. The Morgan fingerprint density at radius 1 is 1.00 bits per heavy atom. The number of aliphatic imine (C=N–C) groups is 1. The van der Waals surface area contributed by atoms with Gasteiger partial charge in [0, 0.05) is 16.6 Å². The van der Waals surface area contributed by atoms with Gasteiger partial charge in [-0.25, -0.2) is 4.99 Å². The number of hydrogen-bond donors (Lipinski definition) is 3. The van der Waals surface area contributed by atoms with Crippen LogP contribution in [0.1, 0.15) is 47.1 Å². The smallest absolute Gasteiger partial charge is 0.197 e. The second-order valence-corrected chi connectivity index (χ2v) is 7.00. The highest BCUT2D eigenvalue weighted by atomic mass is 16.3. The minimum Gasteiger partial charge on any atom is -0.392 e. The van der Waals surface area contributed by atoms with Gasteiger partial charge < -0.3 is 15.7 Å². The summed E-state index contributed by atoms with van der Waals surface area (Å²) in [4.78, 5) is 4.63. The van der Waals surface area contributed by atoms with Crippen molar-refractivity contribution in [3.05, 3.63) is 29.8 Å². The second kappa shape index (κ2) is 6.27. The van der Waals surface area contributed by atoms with Crippen molar-refractivity contribution in [2.24, 2.45) is 4.99 Å². The third kappa shape index (κ3) is 6.06. The van der Waals surface area contributed by atoms with Crippen molar-refractivity contribution >= 4 is 11.6 Å². The third-order valence-corrected chi connectivity index (χ3v) is 2.38. The van der Waals surface area contributed by atoms with Gasteiger partial charge in [-0.2, -0.15) is 0 Å². The molecule has 0 saturated heterocycles. The summed E-state index contributed by atoms with van der Waals surface area (Å²) in [5, 5.41) is 16.1. The molecule has 112 valence electrons. The summed E-state index contributed by atoms with van der Waals surface area (Å²) in [5.41, 5.74) is 1.41. The van der Waals surface area contributed by atoms with Crippen LogP contribution in [0.2, 0.25) is 0 Å². The number of aliphatic hydroxyl groups is 1. The van der Waals surface area contributed by atoms with E-state index in [1.165, 1.54) is 0 Å². The van der Waals surface area contributed by atoms with E-state index in [2.05, 4.69) is 57.2 Å². The molecule has 3 N–H and O–H groups in total. The van der Waals surface area contributed by atoms with E-state index < -0.39 is 0 Å². The van der Waals surface area contributed by atoms with Crippen molar-refractivity contribution in [2.75, 3.05) is 0 Å². The topological polar surface area (TPSA) is 56.7 Å². The molecule has 0 fully saturated rings. The van der Waals surface area contributed by atoms with E-state index in [0.717, 1.165) is 11.3 Å². The fourth-order valence-electron chi connectivity index (χ4n) is 1.67. The maximum Gasteiger partial charge on any atom is 0.197 e. The van der Waals surface area contributed by atoms with E-state index in [4.69, 9.17) is 0 Å². The zero-order chi connectivity index (χ0) is 15.4. The van der Waals surface area contributed by atoms with Crippen LogP contribution < -0.4 is 10.6 Å². The first-order valence-corrected chi connectivity index (χ1v) is 6.94. The van der Waals surface area contributed by atoms with Crippen molar-refractivity contribution < 1.29 is 5.11 Å². The first kappa shape index (κ1) is 16.5. The first-order chi connectivity index (χ1) is 9.11. The van der Waals surface area contributed by atoms with E-state index in [-0.39, 0.29) is 17.7 Å². The van der Waals surface area contributed by atoms with Gasteiger partial charge in [-0.3, -0.25) is 0 Å². The van der Waals surface area contributed by atoms with E-state index in [1.807, 2.05) is 24.3 Å². The Hall–Kier alpha value is -1.55. The quantitative estimate of drug-likeness (QED) is 0.575. The number of rotatable bonds is 2. The Morgan fingerprint density at radius 2 is 1.50 bits per heavy atom. The van der Waals surface area contributed by atoms with Gasteiger partial charge in [0.25, 0.3) is 0 Å². The fourth-order valence-corrected chi connectivity index (χ4v) is 1.67. The summed E-state index contributed by atoms with van der Waals surface area (Å²) in [5.74, 6) is 0.714. The molecular weight excluding hydrogens is 250 g/mol. The molecule has 20 heavy (non-hydrogen) atoms. The molecule has 1 aromatic rings. The molecule has 0 aliphatic carbocycles. The number of benzene rings is 1. The lowest BCUT2D eigenvalue weighted by Crippen LogP contribution is -2.53. The molecule has 0 radical (unpaired) electrons. The SMILES string of the molecule is CC(C)(C)NC(=Nc1ccccc1CO)NC(C)(C)C. The lowest BCUT2D eigenvalue weighted by molar-refractivity contribution is 0.282. The van der Waals surface area contributed by atoms with E-state index in [0.29, 0.717) is 5.96 Å². The second-order valence-electron chi connectivity index (χ2n) is 7.00. The van der Waals surface area contributed by atoms with Crippen LogP contribution in [0.25, 0.3) is 0 Å². The molecule has 0 bridgehead atoms.